The van der Waals surface area contributed by atoms with Crippen LogP contribution in [0.3, 0.4) is 0 Å². The monoisotopic (exact) mass is 491 g/mol. The molecule has 1 N–H and O–H groups in total. The SMILES string of the molecule is COc1cccc(CN(C)[C@H](C)C(=O)Nc2ccc(C)c(S(=O)(=O)N3CCOCC3)c2)c1OC. The quantitative estimate of drug-likeness (QED) is 0.576. The van der Waals surface area contributed by atoms with Crippen LogP contribution in [-0.4, -0.2) is 77.1 Å². The highest BCUT2D eigenvalue weighted by molar-refractivity contribution is 7.89. The van der Waals surface area contributed by atoms with Gasteiger partial charge in [0.05, 0.1) is 38.4 Å². The number of rotatable bonds is 9. The van der Waals surface area contributed by atoms with E-state index in [-0.39, 0.29) is 10.8 Å². The van der Waals surface area contributed by atoms with Crippen molar-refractivity contribution < 1.29 is 27.4 Å². The lowest BCUT2D eigenvalue weighted by Crippen LogP contribution is -2.41. The van der Waals surface area contributed by atoms with Crippen LogP contribution in [0.1, 0.15) is 18.1 Å². The molecule has 0 radical (unpaired) electrons. The third-order valence-corrected chi connectivity index (χ3v) is 8.03. The number of morpholine rings is 1. The first-order valence-corrected chi connectivity index (χ1v) is 12.5. The van der Waals surface area contributed by atoms with Crippen molar-refractivity contribution in [1.29, 1.82) is 0 Å². The van der Waals surface area contributed by atoms with Crippen LogP contribution in [0.4, 0.5) is 5.69 Å². The van der Waals surface area contributed by atoms with Crippen molar-refractivity contribution in [2.75, 3.05) is 52.9 Å². The lowest BCUT2D eigenvalue weighted by atomic mass is 10.1. The number of nitrogens with one attached hydrogen (secondary N) is 1. The fraction of sp³-hybridized carbons (Fsp3) is 0.458. The number of carbonyl (C=O) groups is 1. The summed E-state index contributed by atoms with van der Waals surface area (Å²) in [5.41, 5.74) is 1.94. The third-order valence-electron chi connectivity index (χ3n) is 5.99. The second-order valence-electron chi connectivity index (χ2n) is 8.23. The van der Waals surface area contributed by atoms with Crippen molar-refractivity contribution in [2.24, 2.45) is 0 Å². The molecule has 186 valence electrons. The number of sulfonamides is 1. The molecule has 0 aliphatic carbocycles. The van der Waals surface area contributed by atoms with Crippen molar-refractivity contribution in [3.63, 3.8) is 0 Å². The van der Waals surface area contributed by atoms with Gasteiger partial charge in [-0.15, -0.1) is 0 Å². The van der Waals surface area contributed by atoms with Gasteiger partial charge in [-0.25, -0.2) is 8.42 Å². The first kappa shape index (κ1) is 26.0. The predicted octanol–water partition coefficient (Wildman–Crippen LogP) is 2.49. The smallest absolute Gasteiger partial charge is 0.243 e. The molecule has 3 rings (SSSR count). The molecule has 0 bridgehead atoms. The van der Waals surface area contributed by atoms with Gasteiger partial charge in [0, 0.05) is 30.9 Å². The van der Waals surface area contributed by atoms with Crippen LogP contribution in [0, 0.1) is 6.92 Å². The Bertz CT molecular complexity index is 1120. The number of amides is 1. The molecule has 1 amide bonds. The largest absolute Gasteiger partial charge is 0.493 e. The Morgan fingerprint density at radius 3 is 2.53 bits per heavy atom. The number of aryl methyl sites for hydroxylation is 1. The molecular weight excluding hydrogens is 458 g/mol. The van der Waals surface area contributed by atoms with Gasteiger partial charge in [-0.3, -0.25) is 9.69 Å². The number of hydrogen-bond acceptors (Lipinski definition) is 7. The molecule has 1 atom stereocenters. The molecule has 10 heteroatoms. The number of anilines is 1. The van der Waals surface area contributed by atoms with E-state index in [4.69, 9.17) is 14.2 Å². The number of para-hydroxylation sites is 1. The number of carbonyl (C=O) groups excluding carboxylic acids is 1. The summed E-state index contributed by atoms with van der Waals surface area (Å²) >= 11 is 0. The van der Waals surface area contributed by atoms with Crippen molar-refractivity contribution in [3.8, 4) is 11.5 Å². The molecule has 1 saturated heterocycles. The number of nitrogens with zero attached hydrogens (tertiary/aromatic N) is 2. The normalized spacial score (nSPS) is 15.7. The molecule has 0 unspecified atom stereocenters. The summed E-state index contributed by atoms with van der Waals surface area (Å²) in [7, 11) is 1.32. The average Bonchev–Trinajstić information content (AvgIpc) is 2.84. The molecule has 1 heterocycles. The van der Waals surface area contributed by atoms with Gasteiger partial charge in [-0.2, -0.15) is 4.31 Å². The summed E-state index contributed by atoms with van der Waals surface area (Å²) in [5.74, 6) is 1.00. The van der Waals surface area contributed by atoms with Gasteiger partial charge in [0.25, 0.3) is 0 Å². The van der Waals surface area contributed by atoms with Gasteiger partial charge in [0.1, 0.15) is 0 Å². The topological polar surface area (TPSA) is 97.4 Å². The van der Waals surface area contributed by atoms with Gasteiger partial charge < -0.3 is 19.5 Å². The van der Waals surface area contributed by atoms with Gasteiger partial charge >= 0.3 is 0 Å². The van der Waals surface area contributed by atoms with E-state index in [2.05, 4.69) is 5.32 Å². The summed E-state index contributed by atoms with van der Waals surface area (Å²) in [6, 6.07) is 10.1. The van der Waals surface area contributed by atoms with Crippen molar-refractivity contribution in [3.05, 3.63) is 47.5 Å². The lowest BCUT2D eigenvalue weighted by molar-refractivity contribution is -0.120. The predicted molar refractivity (Wildman–Crippen MR) is 130 cm³/mol. The van der Waals surface area contributed by atoms with E-state index in [1.165, 1.54) is 10.4 Å². The maximum absolute atomic E-state index is 13.1. The van der Waals surface area contributed by atoms with E-state index in [9.17, 15) is 13.2 Å². The average molecular weight is 492 g/mol. The van der Waals surface area contributed by atoms with Crippen LogP contribution in [0.15, 0.2) is 41.3 Å². The Kier molecular flexibility index (Phi) is 8.53. The molecule has 0 spiro atoms. The molecule has 1 fully saturated rings. The van der Waals surface area contributed by atoms with Crippen LogP contribution in [-0.2, 0) is 26.1 Å². The zero-order chi connectivity index (χ0) is 24.9. The standard InChI is InChI=1S/C24H33N3O6S/c1-17-9-10-20(15-22(17)34(29,30)27-11-13-33-14-12-27)25-24(28)18(2)26(3)16-19-7-6-8-21(31-4)23(19)32-5/h6-10,15,18H,11-14,16H2,1-5H3,(H,25,28)/t18-/m1/s1. The van der Waals surface area contributed by atoms with E-state index >= 15 is 0 Å². The number of methoxy groups -OCH3 is 2. The highest BCUT2D eigenvalue weighted by atomic mass is 32.2. The van der Waals surface area contributed by atoms with Crippen LogP contribution in [0.25, 0.3) is 0 Å². The van der Waals surface area contributed by atoms with Crippen LogP contribution in [0.2, 0.25) is 0 Å². The minimum Gasteiger partial charge on any atom is -0.493 e. The van der Waals surface area contributed by atoms with E-state index in [0.717, 1.165) is 5.56 Å². The van der Waals surface area contributed by atoms with Crippen LogP contribution >= 0.6 is 0 Å². The number of benzene rings is 2. The molecule has 1 aliphatic rings. The zero-order valence-electron chi connectivity index (χ0n) is 20.3. The van der Waals surface area contributed by atoms with Crippen molar-refractivity contribution >= 4 is 21.6 Å². The highest BCUT2D eigenvalue weighted by Crippen LogP contribution is 2.31. The van der Waals surface area contributed by atoms with E-state index < -0.39 is 16.1 Å². The zero-order valence-corrected chi connectivity index (χ0v) is 21.1. The first-order valence-electron chi connectivity index (χ1n) is 11.1. The number of likely N-dealkylation sites (N-methyl/N-ethyl adjacent to an activating group) is 1. The minimum absolute atomic E-state index is 0.189. The summed E-state index contributed by atoms with van der Waals surface area (Å²) in [5, 5.41) is 2.86. The van der Waals surface area contributed by atoms with Gasteiger partial charge in [0.15, 0.2) is 11.5 Å². The van der Waals surface area contributed by atoms with E-state index in [0.29, 0.717) is 55.6 Å². The Morgan fingerprint density at radius 2 is 1.88 bits per heavy atom. The van der Waals surface area contributed by atoms with Gasteiger partial charge in [-0.05, 0) is 44.7 Å². The number of hydrogen-bond donors (Lipinski definition) is 1. The van der Waals surface area contributed by atoms with Gasteiger partial charge in [0.2, 0.25) is 15.9 Å². The van der Waals surface area contributed by atoms with Crippen molar-refractivity contribution in [2.45, 2.75) is 31.3 Å². The Labute approximate surface area is 201 Å². The summed E-state index contributed by atoms with van der Waals surface area (Å²) in [6.45, 7) is 5.37. The van der Waals surface area contributed by atoms with Crippen LogP contribution < -0.4 is 14.8 Å². The molecular formula is C24H33N3O6S. The van der Waals surface area contributed by atoms with Gasteiger partial charge in [-0.1, -0.05) is 18.2 Å². The molecule has 9 nitrogen and oxygen atoms in total. The minimum atomic E-state index is -3.68. The summed E-state index contributed by atoms with van der Waals surface area (Å²) in [4.78, 5) is 15.1. The molecule has 2 aromatic carbocycles. The second-order valence-corrected chi connectivity index (χ2v) is 10.1. The maximum Gasteiger partial charge on any atom is 0.243 e. The summed E-state index contributed by atoms with van der Waals surface area (Å²) in [6.07, 6.45) is 0. The Balaban J connectivity index is 1.73. The van der Waals surface area contributed by atoms with Crippen LogP contribution in [0.5, 0.6) is 11.5 Å². The van der Waals surface area contributed by atoms with Crippen molar-refractivity contribution in [1.82, 2.24) is 9.21 Å². The second kappa shape index (κ2) is 11.2. The molecule has 34 heavy (non-hydrogen) atoms. The number of ether oxygens (including phenoxy) is 3. The maximum atomic E-state index is 13.1. The van der Waals surface area contributed by atoms with E-state index in [1.54, 1.807) is 40.2 Å². The molecule has 2 aromatic rings. The fourth-order valence-corrected chi connectivity index (χ4v) is 5.47. The molecule has 0 aromatic heterocycles. The Hall–Kier alpha value is -2.66. The Morgan fingerprint density at radius 1 is 1.18 bits per heavy atom. The van der Waals surface area contributed by atoms with E-state index in [1.807, 2.05) is 30.1 Å². The highest BCUT2D eigenvalue weighted by Gasteiger charge is 2.28. The molecule has 0 saturated carbocycles. The summed E-state index contributed by atoms with van der Waals surface area (Å²) < 4.78 is 43.8. The fourth-order valence-electron chi connectivity index (χ4n) is 3.81. The third kappa shape index (κ3) is 5.69. The molecule has 1 aliphatic heterocycles. The first-order chi connectivity index (χ1) is 16.2. The lowest BCUT2D eigenvalue weighted by Gasteiger charge is -2.27.